The predicted octanol–water partition coefficient (Wildman–Crippen LogP) is 1.78. The Bertz CT molecular complexity index is 584. The van der Waals surface area contributed by atoms with Gasteiger partial charge in [-0.15, -0.1) is 0 Å². The molecule has 0 amide bonds. The number of benzene rings is 2. The molecular formula is C14H12N2O4Zr. The molecule has 0 atom stereocenters. The van der Waals surface area contributed by atoms with Crippen LogP contribution < -0.4 is 11.5 Å². The van der Waals surface area contributed by atoms with Crippen molar-refractivity contribution in [3.63, 3.8) is 0 Å². The summed E-state index contributed by atoms with van der Waals surface area (Å²) in [6, 6.07) is 12.6. The molecule has 21 heavy (non-hydrogen) atoms. The molecule has 0 saturated heterocycles. The van der Waals surface area contributed by atoms with E-state index in [9.17, 15) is 9.59 Å². The van der Waals surface area contributed by atoms with Crippen LogP contribution in [-0.4, -0.2) is 11.9 Å². The summed E-state index contributed by atoms with van der Waals surface area (Å²) in [4.78, 5) is 23.4. The van der Waals surface area contributed by atoms with Crippen LogP contribution in [0.15, 0.2) is 48.5 Å². The van der Waals surface area contributed by atoms with Gasteiger partial charge in [0.2, 0.25) is 0 Å². The summed E-state index contributed by atoms with van der Waals surface area (Å²) in [7, 11) is 0. The van der Waals surface area contributed by atoms with Crippen LogP contribution in [0.25, 0.3) is 0 Å². The summed E-state index contributed by atoms with van der Waals surface area (Å²) in [5.74, 6) is -1.04. The normalized spacial score (nSPS) is 9.71. The van der Waals surface area contributed by atoms with Crippen LogP contribution in [0.5, 0.6) is 0 Å². The van der Waals surface area contributed by atoms with Crippen LogP contribution in [0, 0.1) is 0 Å². The van der Waals surface area contributed by atoms with E-state index in [1.54, 1.807) is 48.5 Å². The predicted molar refractivity (Wildman–Crippen MR) is 72.5 cm³/mol. The van der Waals surface area contributed by atoms with Crippen LogP contribution >= 0.6 is 0 Å². The number of nitrogens with two attached hydrogens (primary N) is 2. The number of hydrogen-bond acceptors (Lipinski definition) is 6. The van der Waals surface area contributed by atoms with Gasteiger partial charge in [-0.05, 0) is 0 Å². The molecule has 2 aromatic rings. The fraction of sp³-hybridized carbons (Fsp3) is 0. The Balaban J connectivity index is 1.83. The number of carbonyl (C=O) groups is 2. The first-order valence-corrected chi connectivity index (χ1v) is 7.95. The Morgan fingerprint density at radius 1 is 0.714 bits per heavy atom. The third-order valence-electron chi connectivity index (χ3n) is 2.56. The molecule has 106 valence electrons. The SMILES string of the molecule is Nc1ccc(C(=O)[O][Zr][O]C(=O)c2ccc(N)cc2)cc1. The third kappa shape index (κ3) is 4.43. The van der Waals surface area contributed by atoms with Gasteiger partial charge in [0, 0.05) is 0 Å². The molecule has 0 aliphatic rings. The third-order valence-corrected chi connectivity index (χ3v) is 3.88. The Kier molecular flexibility index (Phi) is 5.11. The van der Waals surface area contributed by atoms with Crippen molar-refractivity contribution < 1.29 is 39.3 Å². The summed E-state index contributed by atoms with van der Waals surface area (Å²) >= 11 is -2.04. The molecule has 0 fully saturated rings. The van der Waals surface area contributed by atoms with E-state index in [0.29, 0.717) is 22.5 Å². The first kappa shape index (κ1) is 15.3. The van der Waals surface area contributed by atoms with Gasteiger partial charge in [-0.3, -0.25) is 0 Å². The zero-order chi connectivity index (χ0) is 15.2. The van der Waals surface area contributed by atoms with E-state index in [1.807, 2.05) is 0 Å². The van der Waals surface area contributed by atoms with Crippen molar-refractivity contribution in [2.75, 3.05) is 11.5 Å². The van der Waals surface area contributed by atoms with Crippen molar-refractivity contribution in [1.82, 2.24) is 0 Å². The van der Waals surface area contributed by atoms with E-state index in [4.69, 9.17) is 17.1 Å². The maximum atomic E-state index is 11.7. The summed E-state index contributed by atoms with van der Waals surface area (Å²) in [6.45, 7) is 0. The number of hydrogen-bond donors (Lipinski definition) is 2. The molecule has 7 heteroatoms. The van der Waals surface area contributed by atoms with Gasteiger partial charge >= 0.3 is 134 Å². The second-order valence-electron chi connectivity index (χ2n) is 4.11. The van der Waals surface area contributed by atoms with Crippen LogP contribution in [0.1, 0.15) is 20.7 Å². The number of anilines is 2. The van der Waals surface area contributed by atoms with E-state index in [0.717, 1.165) is 0 Å². The van der Waals surface area contributed by atoms with Gasteiger partial charge in [0.1, 0.15) is 0 Å². The van der Waals surface area contributed by atoms with Gasteiger partial charge in [-0.1, -0.05) is 0 Å². The fourth-order valence-corrected chi connectivity index (χ4v) is 2.51. The molecule has 4 N–H and O–H groups in total. The molecule has 0 spiro atoms. The molecule has 2 rings (SSSR count). The van der Waals surface area contributed by atoms with E-state index in [-0.39, 0.29) is 0 Å². The summed E-state index contributed by atoms with van der Waals surface area (Å²) in [6.07, 6.45) is 0. The van der Waals surface area contributed by atoms with Gasteiger partial charge in [-0.2, -0.15) is 0 Å². The fourth-order valence-electron chi connectivity index (χ4n) is 1.45. The Hall–Kier alpha value is -2.14. The zero-order valence-electron chi connectivity index (χ0n) is 10.9. The van der Waals surface area contributed by atoms with Crippen LogP contribution in [-0.2, 0) is 29.7 Å². The average Bonchev–Trinajstić information content (AvgIpc) is 2.48. The molecule has 0 saturated carbocycles. The Morgan fingerprint density at radius 3 is 1.38 bits per heavy atom. The van der Waals surface area contributed by atoms with E-state index >= 15 is 0 Å². The average molecular weight is 363 g/mol. The Morgan fingerprint density at radius 2 is 1.05 bits per heavy atom. The van der Waals surface area contributed by atoms with Crippen molar-refractivity contribution >= 4 is 23.3 Å². The first-order valence-electron chi connectivity index (χ1n) is 5.94. The second kappa shape index (κ2) is 7.04. The molecule has 0 unspecified atom stereocenters. The monoisotopic (exact) mass is 362 g/mol. The molecule has 0 bridgehead atoms. The van der Waals surface area contributed by atoms with Crippen molar-refractivity contribution in [1.29, 1.82) is 0 Å². The molecule has 0 heterocycles. The minimum absolute atomic E-state index is 0.369. The van der Waals surface area contributed by atoms with Gasteiger partial charge in [0.15, 0.2) is 0 Å². The van der Waals surface area contributed by atoms with Crippen molar-refractivity contribution in [3.05, 3.63) is 59.7 Å². The van der Waals surface area contributed by atoms with Gasteiger partial charge < -0.3 is 0 Å². The molecule has 0 radical (unpaired) electrons. The van der Waals surface area contributed by atoms with E-state index in [1.165, 1.54) is 0 Å². The van der Waals surface area contributed by atoms with Gasteiger partial charge in [-0.25, -0.2) is 0 Å². The number of rotatable bonds is 4. The standard InChI is InChI=1S/2C7H7NO2.Zr/c2*8-6-3-1-5(2-4-6)7(9)10;/h2*1-4H,8H2,(H,9,10);/q;;+2/p-2. The minimum atomic E-state index is -2.04. The Labute approximate surface area is 133 Å². The molecule has 0 aliphatic heterocycles. The molecule has 0 aromatic heterocycles. The van der Waals surface area contributed by atoms with Crippen LogP contribution in [0.2, 0.25) is 0 Å². The zero-order valence-corrected chi connectivity index (χ0v) is 13.4. The van der Waals surface area contributed by atoms with Crippen LogP contribution in [0.4, 0.5) is 11.4 Å². The van der Waals surface area contributed by atoms with E-state index < -0.39 is 36.1 Å². The molecule has 2 aromatic carbocycles. The summed E-state index contributed by atoms with van der Waals surface area (Å²) in [5.41, 5.74) is 12.9. The molecular weight excluding hydrogens is 351 g/mol. The molecule has 6 nitrogen and oxygen atoms in total. The van der Waals surface area contributed by atoms with Crippen molar-refractivity contribution in [2.45, 2.75) is 0 Å². The molecule has 0 aliphatic carbocycles. The van der Waals surface area contributed by atoms with E-state index in [2.05, 4.69) is 0 Å². The van der Waals surface area contributed by atoms with Gasteiger partial charge in [0.25, 0.3) is 0 Å². The maximum absolute atomic E-state index is 11.7. The first-order chi connectivity index (χ1) is 10.1. The van der Waals surface area contributed by atoms with Gasteiger partial charge in [0.05, 0.1) is 0 Å². The van der Waals surface area contributed by atoms with Crippen molar-refractivity contribution in [3.8, 4) is 0 Å². The van der Waals surface area contributed by atoms with Crippen LogP contribution in [0.3, 0.4) is 0 Å². The summed E-state index contributed by atoms with van der Waals surface area (Å²) < 4.78 is 10.0. The quantitative estimate of drug-likeness (QED) is 0.802. The number of carbonyl (C=O) groups excluding carboxylic acids is 2. The topological polar surface area (TPSA) is 105 Å². The summed E-state index contributed by atoms with van der Waals surface area (Å²) in [5, 5.41) is 0. The second-order valence-corrected chi connectivity index (χ2v) is 5.52. The number of nitrogen functional groups attached to an aromatic ring is 2. The van der Waals surface area contributed by atoms with Crippen molar-refractivity contribution in [2.24, 2.45) is 0 Å².